The van der Waals surface area contributed by atoms with Crippen LogP contribution in [0.2, 0.25) is 0 Å². The Bertz CT molecular complexity index is 853. The van der Waals surface area contributed by atoms with Crippen LogP contribution in [0.1, 0.15) is 24.3 Å². The summed E-state index contributed by atoms with van der Waals surface area (Å²) in [4.78, 5) is 13.6. The highest BCUT2D eigenvalue weighted by molar-refractivity contribution is 6.01. The quantitative estimate of drug-likeness (QED) is 0.754. The number of aromatic nitrogens is 2. The maximum absolute atomic E-state index is 14.3. The summed E-state index contributed by atoms with van der Waals surface area (Å²) in [5.74, 6) is -3.16. The van der Waals surface area contributed by atoms with E-state index in [9.17, 15) is 18.7 Å². The minimum atomic E-state index is -2.80. The summed E-state index contributed by atoms with van der Waals surface area (Å²) in [5.41, 5.74) is 1.28. The molecule has 26 heavy (non-hydrogen) atoms. The Morgan fingerprint density at radius 3 is 2.88 bits per heavy atom. The van der Waals surface area contributed by atoms with Gasteiger partial charge >= 0.3 is 6.03 Å². The van der Waals surface area contributed by atoms with Crippen LogP contribution in [0.4, 0.5) is 19.4 Å². The molecule has 1 aromatic heterocycles. The summed E-state index contributed by atoms with van der Waals surface area (Å²) in [6, 6.07) is 4.78. The highest BCUT2D eigenvalue weighted by Gasteiger charge is 2.42. The second-order valence-electron chi connectivity index (χ2n) is 6.91. The molecule has 2 aliphatic rings. The Balaban J connectivity index is 1.72. The number of alkyl halides is 2. The van der Waals surface area contributed by atoms with Crippen LogP contribution in [-0.2, 0) is 7.05 Å². The smallest absolute Gasteiger partial charge is 0.325 e. The van der Waals surface area contributed by atoms with E-state index in [1.165, 1.54) is 4.90 Å². The van der Waals surface area contributed by atoms with Gasteiger partial charge in [-0.05, 0) is 30.7 Å². The monoisotopic (exact) mass is 365 g/mol. The molecule has 2 saturated heterocycles. The van der Waals surface area contributed by atoms with E-state index in [4.69, 9.17) is 0 Å². The first kappa shape index (κ1) is 17.2. The predicted molar refractivity (Wildman–Crippen MR) is 92.4 cm³/mol. The molecule has 2 atom stereocenters. The topological polar surface area (TPSA) is 82.4 Å². The van der Waals surface area contributed by atoms with Crippen LogP contribution in [0, 0.1) is 0 Å². The summed E-state index contributed by atoms with van der Waals surface area (Å²) in [7, 11) is 1.73. The molecule has 2 aromatic rings. The number of carbonyl (C=O) groups is 1. The molecule has 0 saturated carbocycles. The SMILES string of the molecule is Cn1nc(N2CCC(O)NC2=O)c2ccc(C3CCNCC3(F)F)cc21. The van der Waals surface area contributed by atoms with E-state index in [2.05, 4.69) is 15.7 Å². The number of halogens is 2. The Morgan fingerprint density at radius 1 is 1.35 bits per heavy atom. The van der Waals surface area contributed by atoms with Crippen molar-refractivity contribution in [1.29, 1.82) is 0 Å². The minimum Gasteiger partial charge on any atom is -0.374 e. The number of piperidine rings is 1. The molecule has 3 heterocycles. The van der Waals surface area contributed by atoms with Gasteiger partial charge in [0.2, 0.25) is 0 Å². The maximum Gasteiger partial charge on any atom is 0.325 e. The van der Waals surface area contributed by atoms with Crippen molar-refractivity contribution in [2.45, 2.75) is 30.9 Å². The number of nitrogens with zero attached hydrogens (tertiary/aromatic N) is 3. The van der Waals surface area contributed by atoms with Crippen LogP contribution < -0.4 is 15.5 Å². The second-order valence-corrected chi connectivity index (χ2v) is 6.91. The van der Waals surface area contributed by atoms with Crippen molar-refractivity contribution in [2.75, 3.05) is 24.5 Å². The Kier molecular flexibility index (Phi) is 4.07. The van der Waals surface area contributed by atoms with Gasteiger partial charge in [0, 0.05) is 25.4 Å². The molecule has 0 bridgehead atoms. The number of carbonyl (C=O) groups excluding carboxylic acids is 1. The Hall–Kier alpha value is -2.26. The molecule has 1 aromatic carbocycles. The van der Waals surface area contributed by atoms with Crippen molar-refractivity contribution >= 4 is 22.8 Å². The fourth-order valence-corrected chi connectivity index (χ4v) is 3.77. The third kappa shape index (κ3) is 2.80. The Labute approximate surface area is 149 Å². The van der Waals surface area contributed by atoms with Gasteiger partial charge in [0.1, 0.15) is 6.23 Å². The molecule has 3 N–H and O–H groups in total. The zero-order chi connectivity index (χ0) is 18.5. The standard InChI is InChI=1S/C17H21F2N5O2/c1-23-13-8-10(12-4-6-20-9-17(12,18)19)2-3-11(13)15(22-23)24-7-5-14(25)21-16(24)26/h2-3,8,12,14,20,25H,4-7,9H2,1H3,(H,21,26). The van der Waals surface area contributed by atoms with Crippen LogP contribution in [0.5, 0.6) is 0 Å². The molecule has 2 amide bonds. The lowest BCUT2D eigenvalue weighted by atomic mass is 9.86. The lowest BCUT2D eigenvalue weighted by molar-refractivity contribution is -0.0419. The van der Waals surface area contributed by atoms with Crippen LogP contribution in [0.3, 0.4) is 0 Å². The first-order chi connectivity index (χ1) is 12.4. The number of fused-ring (bicyclic) bond motifs is 1. The summed E-state index contributed by atoms with van der Waals surface area (Å²) in [6.07, 6.45) is -0.0961. The van der Waals surface area contributed by atoms with Crippen molar-refractivity contribution in [3.05, 3.63) is 23.8 Å². The largest absolute Gasteiger partial charge is 0.374 e. The summed E-state index contributed by atoms with van der Waals surface area (Å²) in [6.45, 7) is 0.584. The lowest BCUT2D eigenvalue weighted by Gasteiger charge is -2.32. The minimum absolute atomic E-state index is 0.317. The fraction of sp³-hybridized carbons (Fsp3) is 0.529. The molecule has 140 valence electrons. The van der Waals surface area contributed by atoms with Gasteiger partial charge in [0.15, 0.2) is 5.82 Å². The maximum atomic E-state index is 14.3. The van der Waals surface area contributed by atoms with Crippen LogP contribution in [0.15, 0.2) is 18.2 Å². The number of nitrogens with one attached hydrogen (secondary N) is 2. The molecule has 7 nitrogen and oxygen atoms in total. The van der Waals surface area contributed by atoms with E-state index < -0.39 is 24.1 Å². The molecule has 4 rings (SSSR count). The average molecular weight is 365 g/mol. The zero-order valence-electron chi connectivity index (χ0n) is 14.4. The Morgan fingerprint density at radius 2 is 2.15 bits per heavy atom. The number of benzene rings is 1. The predicted octanol–water partition coefficient (Wildman–Crippen LogP) is 1.52. The average Bonchev–Trinajstić information content (AvgIpc) is 2.91. The third-order valence-electron chi connectivity index (χ3n) is 5.16. The van der Waals surface area contributed by atoms with Gasteiger partial charge < -0.3 is 15.7 Å². The molecular weight excluding hydrogens is 344 g/mol. The number of aryl methyl sites for hydroxylation is 1. The highest BCUT2D eigenvalue weighted by atomic mass is 19.3. The number of aliphatic hydroxyl groups excluding tert-OH is 1. The van der Waals surface area contributed by atoms with Crippen molar-refractivity contribution in [2.24, 2.45) is 7.05 Å². The number of hydrogen-bond donors (Lipinski definition) is 3. The van der Waals surface area contributed by atoms with Gasteiger partial charge in [-0.2, -0.15) is 5.10 Å². The van der Waals surface area contributed by atoms with Crippen molar-refractivity contribution in [3.63, 3.8) is 0 Å². The van der Waals surface area contributed by atoms with E-state index in [0.29, 0.717) is 42.8 Å². The summed E-state index contributed by atoms with van der Waals surface area (Å²) in [5, 5.41) is 19.9. The van der Waals surface area contributed by atoms with Gasteiger partial charge in [0.25, 0.3) is 5.92 Å². The van der Waals surface area contributed by atoms with E-state index >= 15 is 0 Å². The fourth-order valence-electron chi connectivity index (χ4n) is 3.77. The first-order valence-corrected chi connectivity index (χ1v) is 8.68. The van der Waals surface area contributed by atoms with Crippen LogP contribution in [0.25, 0.3) is 10.9 Å². The van der Waals surface area contributed by atoms with Gasteiger partial charge in [-0.25, -0.2) is 13.6 Å². The molecular formula is C17H21F2N5O2. The van der Waals surface area contributed by atoms with Crippen molar-refractivity contribution in [1.82, 2.24) is 20.4 Å². The molecule has 0 spiro atoms. The normalized spacial score (nSPS) is 26.2. The van der Waals surface area contributed by atoms with E-state index in [1.807, 2.05) is 0 Å². The number of aliphatic hydroxyl groups is 1. The highest BCUT2D eigenvalue weighted by Crippen LogP contribution is 2.39. The molecule has 2 unspecified atom stereocenters. The van der Waals surface area contributed by atoms with Gasteiger partial charge in [-0.15, -0.1) is 0 Å². The molecule has 2 aliphatic heterocycles. The van der Waals surface area contributed by atoms with Crippen LogP contribution >= 0.6 is 0 Å². The number of hydrogen-bond acceptors (Lipinski definition) is 4. The number of amides is 2. The second kappa shape index (κ2) is 6.17. The number of anilines is 1. The summed E-state index contributed by atoms with van der Waals surface area (Å²) < 4.78 is 30.1. The van der Waals surface area contributed by atoms with Crippen molar-refractivity contribution in [3.8, 4) is 0 Å². The molecule has 2 fully saturated rings. The van der Waals surface area contributed by atoms with E-state index in [1.54, 1.807) is 29.9 Å². The van der Waals surface area contributed by atoms with Gasteiger partial charge in [-0.3, -0.25) is 9.58 Å². The van der Waals surface area contributed by atoms with Crippen molar-refractivity contribution < 1.29 is 18.7 Å². The van der Waals surface area contributed by atoms with Gasteiger partial charge in [-0.1, -0.05) is 6.07 Å². The van der Waals surface area contributed by atoms with Gasteiger partial charge in [0.05, 0.1) is 18.0 Å². The number of rotatable bonds is 2. The zero-order valence-corrected chi connectivity index (χ0v) is 14.4. The van der Waals surface area contributed by atoms with Crippen LogP contribution in [-0.4, -0.2) is 52.7 Å². The molecule has 0 aliphatic carbocycles. The lowest BCUT2D eigenvalue weighted by Crippen LogP contribution is -2.52. The van der Waals surface area contributed by atoms with E-state index in [0.717, 1.165) is 5.39 Å². The summed E-state index contributed by atoms with van der Waals surface area (Å²) >= 11 is 0. The number of urea groups is 1. The molecule has 0 radical (unpaired) electrons. The molecule has 9 heteroatoms. The van der Waals surface area contributed by atoms with E-state index in [-0.39, 0.29) is 6.54 Å². The first-order valence-electron chi connectivity index (χ1n) is 8.68. The third-order valence-corrected chi connectivity index (χ3v) is 5.16.